The minimum Gasteiger partial charge on any atom is -0.356 e. The fourth-order valence-electron chi connectivity index (χ4n) is 3.82. The molecule has 1 aliphatic carbocycles. The summed E-state index contributed by atoms with van der Waals surface area (Å²) >= 11 is 5.87. The average molecular weight is 279 g/mol. The van der Waals surface area contributed by atoms with Crippen LogP contribution in [0.1, 0.15) is 43.2 Å². The van der Waals surface area contributed by atoms with Crippen molar-refractivity contribution >= 4 is 17.4 Å². The fourth-order valence-corrected chi connectivity index (χ4v) is 3.97. The van der Waals surface area contributed by atoms with E-state index in [0.29, 0.717) is 5.88 Å². The minimum absolute atomic E-state index is 0.554. The van der Waals surface area contributed by atoms with Gasteiger partial charge in [-0.2, -0.15) is 0 Å². The van der Waals surface area contributed by atoms with Crippen molar-refractivity contribution in [3.8, 4) is 0 Å². The molecule has 1 saturated carbocycles. The van der Waals surface area contributed by atoms with E-state index in [1.807, 2.05) is 6.20 Å². The van der Waals surface area contributed by atoms with Crippen molar-refractivity contribution < 1.29 is 0 Å². The van der Waals surface area contributed by atoms with Crippen molar-refractivity contribution in [2.24, 2.45) is 11.8 Å². The number of hydrogen-bond donors (Lipinski definition) is 0. The number of anilines is 1. The van der Waals surface area contributed by atoms with Gasteiger partial charge in [-0.3, -0.25) is 0 Å². The van der Waals surface area contributed by atoms with Crippen LogP contribution in [-0.4, -0.2) is 18.1 Å². The Kier molecular flexibility index (Phi) is 3.97. The summed E-state index contributed by atoms with van der Waals surface area (Å²) < 4.78 is 0. The van der Waals surface area contributed by atoms with Gasteiger partial charge in [-0.1, -0.05) is 19.3 Å². The van der Waals surface area contributed by atoms with Crippen LogP contribution >= 0.6 is 11.6 Å². The lowest BCUT2D eigenvalue weighted by Crippen LogP contribution is -2.42. The van der Waals surface area contributed by atoms with Crippen LogP contribution in [0.4, 0.5) is 5.82 Å². The van der Waals surface area contributed by atoms with E-state index in [9.17, 15) is 0 Å². The second-order valence-corrected chi connectivity index (χ2v) is 6.42. The smallest absolute Gasteiger partial charge is 0.131 e. The zero-order valence-electron chi connectivity index (χ0n) is 11.7. The molecular formula is C16H23ClN2. The fraction of sp³-hybridized carbons (Fsp3) is 0.688. The summed E-state index contributed by atoms with van der Waals surface area (Å²) in [7, 11) is 0. The van der Waals surface area contributed by atoms with Gasteiger partial charge in [0.25, 0.3) is 0 Å². The highest BCUT2D eigenvalue weighted by Crippen LogP contribution is 2.37. The molecule has 0 spiro atoms. The highest BCUT2D eigenvalue weighted by atomic mass is 35.5. The predicted molar refractivity (Wildman–Crippen MR) is 80.8 cm³/mol. The van der Waals surface area contributed by atoms with Crippen LogP contribution < -0.4 is 4.90 Å². The van der Waals surface area contributed by atoms with Gasteiger partial charge in [0.2, 0.25) is 0 Å². The van der Waals surface area contributed by atoms with Crippen molar-refractivity contribution in [2.75, 3.05) is 18.0 Å². The van der Waals surface area contributed by atoms with Crippen molar-refractivity contribution in [3.05, 3.63) is 23.4 Å². The summed E-state index contributed by atoms with van der Waals surface area (Å²) in [6, 6.07) is 2.18. The molecule has 0 radical (unpaired) electrons. The molecule has 0 bridgehead atoms. The van der Waals surface area contributed by atoms with Crippen LogP contribution in [0.15, 0.2) is 12.3 Å². The summed E-state index contributed by atoms with van der Waals surface area (Å²) in [6.45, 7) is 4.54. The van der Waals surface area contributed by atoms with Gasteiger partial charge >= 0.3 is 0 Å². The molecule has 0 N–H and O–H groups in total. The highest BCUT2D eigenvalue weighted by Gasteiger charge is 2.31. The van der Waals surface area contributed by atoms with E-state index in [2.05, 4.69) is 22.9 Å². The van der Waals surface area contributed by atoms with E-state index in [1.54, 1.807) is 0 Å². The summed E-state index contributed by atoms with van der Waals surface area (Å²) in [6.07, 6.45) is 9.02. The molecule has 3 rings (SSSR count). The van der Waals surface area contributed by atoms with Gasteiger partial charge < -0.3 is 4.90 Å². The first-order valence-electron chi connectivity index (χ1n) is 7.54. The molecule has 0 aromatic carbocycles. The van der Waals surface area contributed by atoms with Crippen LogP contribution in [0, 0.1) is 18.8 Å². The molecule has 104 valence electrons. The van der Waals surface area contributed by atoms with Crippen LogP contribution in [0.25, 0.3) is 0 Å². The minimum atomic E-state index is 0.554. The highest BCUT2D eigenvalue weighted by molar-refractivity contribution is 6.17. The van der Waals surface area contributed by atoms with Gasteiger partial charge in [-0.05, 0) is 48.8 Å². The molecule has 1 aromatic rings. The molecule has 3 heteroatoms. The average Bonchev–Trinajstić information content (AvgIpc) is 2.46. The maximum atomic E-state index is 5.87. The first kappa shape index (κ1) is 13.2. The summed E-state index contributed by atoms with van der Waals surface area (Å²) in [5.41, 5.74) is 2.39. The van der Waals surface area contributed by atoms with Crippen molar-refractivity contribution in [3.63, 3.8) is 0 Å². The zero-order valence-corrected chi connectivity index (χ0v) is 12.5. The molecule has 19 heavy (non-hydrogen) atoms. The van der Waals surface area contributed by atoms with E-state index >= 15 is 0 Å². The molecule has 2 fully saturated rings. The molecule has 2 aliphatic rings. The Balaban J connectivity index is 1.75. The normalized spacial score (nSPS) is 27.2. The largest absolute Gasteiger partial charge is 0.356 e. The Morgan fingerprint density at radius 2 is 2.05 bits per heavy atom. The second-order valence-electron chi connectivity index (χ2n) is 6.16. The molecule has 1 aliphatic heterocycles. The van der Waals surface area contributed by atoms with Crippen molar-refractivity contribution in [1.82, 2.24) is 4.98 Å². The molecule has 2 atom stereocenters. The van der Waals surface area contributed by atoms with E-state index in [4.69, 9.17) is 11.6 Å². The van der Waals surface area contributed by atoms with Gasteiger partial charge in [0.1, 0.15) is 5.82 Å². The molecule has 2 nitrogen and oxygen atoms in total. The first-order valence-corrected chi connectivity index (χ1v) is 8.08. The molecular weight excluding hydrogens is 256 g/mol. The van der Waals surface area contributed by atoms with Gasteiger partial charge in [0.05, 0.1) is 0 Å². The molecule has 2 unspecified atom stereocenters. The topological polar surface area (TPSA) is 16.1 Å². The van der Waals surface area contributed by atoms with Gasteiger partial charge in [0.15, 0.2) is 0 Å². The van der Waals surface area contributed by atoms with E-state index in [-0.39, 0.29) is 0 Å². The standard InChI is InChI=1S/C16H23ClN2/c1-12-8-13(9-17)10-18-16(12)19-7-6-14-4-2-3-5-15(14)11-19/h8,10,14-15H,2-7,9,11H2,1H3. The second kappa shape index (κ2) is 5.70. The Hall–Kier alpha value is -0.760. The molecule has 0 amide bonds. The van der Waals surface area contributed by atoms with Crippen molar-refractivity contribution in [1.29, 1.82) is 0 Å². The third-order valence-electron chi connectivity index (χ3n) is 4.85. The number of rotatable bonds is 2. The number of aryl methyl sites for hydroxylation is 1. The molecule has 1 saturated heterocycles. The number of fused-ring (bicyclic) bond motifs is 1. The van der Waals surface area contributed by atoms with Crippen LogP contribution in [0.2, 0.25) is 0 Å². The Morgan fingerprint density at radius 1 is 1.26 bits per heavy atom. The number of nitrogens with zero attached hydrogens (tertiary/aromatic N) is 2. The van der Waals surface area contributed by atoms with Crippen molar-refractivity contribution in [2.45, 2.75) is 44.9 Å². The Bertz CT molecular complexity index is 446. The van der Waals surface area contributed by atoms with Crippen LogP contribution in [0.3, 0.4) is 0 Å². The Morgan fingerprint density at radius 3 is 2.79 bits per heavy atom. The van der Waals surface area contributed by atoms with E-state index in [1.165, 1.54) is 56.6 Å². The van der Waals surface area contributed by atoms with E-state index < -0.39 is 0 Å². The maximum absolute atomic E-state index is 5.87. The zero-order chi connectivity index (χ0) is 13.2. The molecule has 2 heterocycles. The number of halogens is 1. The lowest BCUT2D eigenvalue weighted by atomic mass is 9.75. The molecule has 1 aromatic heterocycles. The number of pyridine rings is 1. The summed E-state index contributed by atoms with van der Waals surface area (Å²) in [5, 5.41) is 0. The van der Waals surface area contributed by atoms with Crippen LogP contribution in [0.5, 0.6) is 0 Å². The lowest BCUT2D eigenvalue weighted by Gasteiger charge is -2.42. The quantitative estimate of drug-likeness (QED) is 0.756. The van der Waals surface area contributed by atoms with Gasteiger partial charge in [0, 0.05) is 25.2 Å². The summed E-state index contributed by atoms with van der Waals surface area (Å²) in [4.78, 5) is 7.15. The predicted octanol–water partition coefficient (Wildman–Crippen LogP) is 4.15. The van der Waals surface area contributed by atoms with Crippen LogP contribution in [-0.2, 0) is 5.88 Å². The monoisotopic (exact) mass is 278 g/mol. The third kappa shape index (κ3) is 2.74. The van der Waals surface area contributed by atoms with Gasteiger partial charge in [-0.15, -0.1) is 11.6 Å². The number of aromatic nitrogens is 1. The SMILES string of the molecule is Cc1cc(CCl)cnc1N1CCC2CCCCC2C1. The lowest BCUT2D eigenvalue weighted by molar-refractivity contribution is 0.202. The number of piperidine rings is 1. The number of alkyl halides is 1. The first-order chi connectivity index (χ1) is 9.28. The maximum Gasteiger partial charge on any atom is 0.131 e. The Labute approximate surface area is 121 Å². The van der Waals surface area contributed by atoms with E-state index in [0.717, 1.165) is 17.4 Å². The third-order valence-corrected chi connectivity index (χ3v) is 5.16. The summed E-state index contributed by atoms with van der Waals surface area (Å²) in [5.74, 6) is 3.61. The van der Waals surface area contributed by atoms with Gasteiger partial charge in [-0.25, -0.2) is 4.98 Å². The number of hydrogen-bond acceptors (Lipinski definition) is 2.